The summed E-state index contributed by atoms with van der Waals surface area (Å²) in [5.41, 5.74) is 10.7. The van der Waals surface area contributed by atoms with E-state index in [1.165, 1.54) is 70.7 Å². The Kier molecular flexibility index (Phi) is 10.7. The second-order valence-corrected chi connectivity index (χ2v) is 16.2. The van der Waals surface area contributed by atoms with Crippen LogP contribution in [0.25, 0.3) is 0 Å². The molecule has 2 aromatic rings. The zero-order chi connectivity index (χ0) is 35.6. The molecule has 0 radical (unpaired) electrons. The van der Waals surface area contributed by atoms with Crippen LogP contribution in [-0.2, 0) is 10.8 Å². The molecule has 3 aliphatic rings. The second kappa shape index (κ2) is 13.5. The molecule has 0 fully saturated rings. The van der Waals surface area contributed by atoms with Crippen LogP contribution in [0.3, 0.4) is 0 Å². The Morgan fingerprint density at radius 1 is 0.792 bits per heavy atom. The SMILES string of the molecule is CCCCN1/C(=C\C=C2\CCCC(/C=C/C3=[N+](CCCC)c4ccccc4C3(C)C)=C2Cl)C(C)(C)c2ccccc21.F[P-](F)(F)(F)(F)F. The van der Waals surface area contributed by atoms with Crippen molar-refractivity contribution in [3.8, 4) is 0 Å². The van der Waals surface area contributed by atoms with Gasteiger partial charge in [-0.1, -0.05) is 101 Å². The van der Waals surface area contributed by atoms with E-state index in [-0.39, 0.29) is 10.8 Å². The molecule has 2 aromatic carbocycles. The molecule has 2 aliphatic heterocycles. The number of nitrogens with zero attached hydrogens (tertiary/aromatic N) is 2. The Labute approximate surface area is 286 Å². The summed E-state index contributed by atoms with van der Waals surface area (Å²) in [6, 6.07) is 17.8. The first kappa shape index (κ1) is 38.0. The van der Waals surface area contributed by atoms with Crippen molar-refractivity contribution in [2.45, 2.75) is 97.3 Å². The average Bonchev–Trinajstić information content (AvgIpc) is 3.34. The van der Waals surface area contributed by atoms with Crippen molar-refractivity contribution in [1.29, 1.82) is 0 Å². The first-order valence-corrected chi connectivity index (χ1v) is 19.2. The van der Waals surface area contributed by atoms with Crippen LogP contribution in [0.4, 0.5) is 36.6 Å². The number of hydrogen-bond donors (Lipinski definition) is 0. The van der Waals surface area contributed by atoms with Gasteiger partial charge in [0.25, 0.3) is 0 Å². The standard InChI is InChI=1S/C38H48ClN2.F6P/c1-7-9-26-40-32-20-13-11-18-30(32)37(3,4)34(40)24-22-28-16-15-17-29(36(28)39)23-25-35-38(5,6)31-19-12-14-21-33(31)41(35)27-10-8-2;1-7(2,3,4,5)6/h11-14,18-25H,7-10,15-17,26-27H2,1-6H3;/q+1;-1. The van der Waals surface area contributed by atoms with Crippen molar-refractivity contribution in [3.05, 3.63) is 106 Å². The van der Waals surface area contributed by atoms with Gasteiger partial charge in [-0.25, -0.2) is 0 Å². The fraction of sp³-hybridized carbons (Fsp3) is 0.447. The summed E-state index contributed by atoms with van der Waals surface area (Å²) in [4.78, 5) is 2.54. The van der Waals surface area contributed by atoms with Gasteiger partial charge in [0, 0.05) is 52.5 Å². The summed E-state index contributed by atoms with van der Waals surface area (Å²) in [6.45, 7) is 16.1. The number of benzene rings is 2. The van der Waals surface area contributed by atoms with Crippen LogP contribution in [0.15, 0.2) is 94.7 Å². The van der Waals surface area contributed by atoms with Gasteiger partial charge in [0.1, 0.15) is 6.54 Å². The van der Waals surface area contributed by atoms with Crippen LogP contribution in [0, 0.1) is 0 Å². The molecular formula is C38H48ClF6N2P. The summed E-state index contributed by atoms with van der Waals surface area (Å²) in [7, 11) is -10.7. The molecule has 0 saturated carbocycles. The zero-order valence-electron chi connectivity index (χ0n) is 28.8. The number of para-hydroxylation sites is 2. The molecule has 0 N–H and O–H groups in total. The third-order valence-corrected chi connectivity index (χ3v) is 9.90. The summed E-state index contributed by atoms with van der Waals surface area (Å²) < 4.78 is 61.7. The fourth-order valence-corrected chi connectivity index (χ4v) is 7.28. The van der Waals surface area contributed by atoms with Crippen molar-refractivity contribution < 1.29 is 29.8 Å². The van der Waals surface area contributed by atoms with E-state index in [9.17, 15) is 25.2 Å². The number of halogens is 7. The molecule has 0 unspecified atom stereocenters. The van der Waals surface area contributed by atoms with Crippen LogP contribution >= 0.6 is 19.4 Å². The molecule has 0 spiro atoms. The fourth-order valence-electron chi connectivity index (χ4n) is 6.96. The van der Waals surface area contributed by atoms with E-state index in [0.29, 0.717) is 0 Å². The Balaban J connectivity index is 0.000000671. The van der Waals surface area contributed by atoms with E-state index >= 15 is 0 Å². The molecule has 264 valence electrons. The van der Waals surface area contributed by atoms with E-state index in [1.807, 2.05) is 0 Å². The minimum absolute atomic E-state index is 0.0311. The average molecular weight is 713 g/mol. The van der Waals surface area contributed by atoms with Gasteiger partial charge in [0.15, 0.2) is 5.71 Å². The van der Waals surface area contributed by atoms with E-state index in [0.717, 1.165) is 37.4 Å². The molecular weight excluding hydrogens is 665 g/mol. The molecule has 0 amide bonds. The van der Waals surface area contributed by atoms with E-state index < -0.39 is 7.81 Å². The Hall–Kier alpha value is -2.83. The van der Waals surface area contributed by atoms with Crippen molar-refractivity contribution in [2.24, 2.45) is 0 Å². The Morgan fingerprint density at radius 3 is 2.04 bits per heavy atom. The van der Waals surface area contributed by atoms with Crippen molar-refractivity contribution in [1.82, 2.24) is 0 Å². The molecule has 5 rings (SSSR count). The van der Waals surface area contributed by atoms with Crippen LogP contribution in [0.5, 0.6) is 0 Å². The van der Waals surface area contributed by atoms with Gasteiger partial charge < -0.3 is 4.90 Å². The molecule has 2 nitrogen and oxygen atoms in total. The minimum atomic E-state index is -10.7. The molecule has 0 bridgehead atoms. The van der Waals surface area contributed by atoms with Gasteiger partial charge >= 0.3 is 33.0 Å². The quantitative estimate of drug-likeness (QED) is 0.142. The van der Waals surface area contributed by atoms with Gasteiger partial charge in [-0.3, -0.25) is 0 Å². The maximum atomic E-state index is 9.87. The number of allylic oxidation sites excluding steroid dienone is 8. The molecule has 0 aromatic heterocycles. The maximum absolute atomic E-state index is 10.7. The zero-order valence-corrected chi connectivity index (χ0v) is 30.4. The van der Waals surface area contributed by atoms with Crippen molar-refractivity contribution in [2.75, 3.05) is 18.0 Å². The first-order valence-electron chi connectivity index (χ1n) is 16.8. The monoisotopic (exact) mass is 712 g/mol. The normalized spacial score (nSPS) is 21.7. The molecule has 48 heavy (non-hydrogen) atoms. The second-order valence-electron chi connectivity index (χ2n) is 13.9. The Morgan fingerprint density at radius 2 is 1.40 bits per heavy atom. The predicted octanol–water partition coefficient (Wildman–Crippen LogP) is 13.9. The summed E-state index contributed by atoms with van der Waals surface area (Å²) in [5, 5.41) is 0.937. The third-order valence-electron chi connectivity index (χ3n) is 9.41. The molecule has 0 saturated heterocycles. The Bertz CT molecular complexity index is 1670. The van der Waals surface area contributed by atoms with Crippen LogP contribution in [0.2, 0.25) is 0 Å². The van der Waals surface area contributed by atoms with Gasteiger partial charge in [-0.15, -0.1) is 0 Å². The topological polar surface area (TPSA) is 6.25 Å². The van der Waals surface area contributed by atoms with E-state index in [2.05, 4.69) is 124 Å². The third kappa shape index (κ3) is 9.24. The molecule has 2 heterocycles. The number of hydrogen-bond acceptors (Lipinski definition) is 1. The van der Waals surface area contributed by atoms with Gasteiger partial charge in [-0.2, -0.15) is 4.58 Å². The summed E-state index contributed by atoms with van der Waals surface area (Å²) in [5.74, 6) is 0. The first-order chi connectivity index (χ1) is 22.2. The van der Waals surface area contributed by atoms with Gasteiger partial charge in [-0.05, 0) is 68.4 Å². The number of anilines is 1. The van der Waals surface area contributed by atoms with Crippen LogP contribution < -0.4 is 4.90 Å². The predicted molar refractivity (Wildman–Crippen MR) is 191 cm³/mol. The number of fused-ring (bicyclic) bond motifs is 2. The van der Waals surface area contributed by atoms with Gasteiger partial charge in [0.05, 0.1) is 5.41 Å². The van der Waals surface area contributed by atoms with E-state index in [4.69, 9.17) is 11.6 Å². The van der Waals surface area contributed by atoms with E-state index in [1.54, 1.807) is 0 Å². The summed E-state index contributed by atoms with van der Waals surface area (Å²) in [6.07, 6.45) is 17.3. The molecule has 10 heteroatoms. The van der Waals surface area contributed by atoms with Crippen molar-refractivity contribution >= 4 is 36.5 Å². The summed E-state index contributed by atoms with van der Waals surface area (Å²) >= 11 is 7.17. The van der Waals surface area contributed by atoms with Gasteiger partial charge in [0.2, 0.25) is 5.69 Å². The van der Waals surface area contributed by atoms with Crippen LogP contribution in [0.1, 0.15) is 97.6 Å². The number of unbranched alkanes of at least 4 members (excludes halogenated alkanes) is 2. The van der Waals surface area contributed by atoms with Crippen molar-refractivity contribution in [3.63, 3.8) is 0 Å². The number of rotatable bonds is 9. The molecule has 0 atom stereocenters. The molecule has 1 aliphatic carbocycles. The van der Waals surface area contributed by atoms with Crippen LogP contribution in [-0.4, -0.2) is 23.4 Å².